The molecule has 0 bridgehead atoms. The standard InChI is InChI=1S/C11H21FN2O2Si2/c1-8-9(12)10(15-17(2,3)4)14-11(13-8)16-18(5,6)7/h1-7H3. The van der Waals surface area contributed by atoms with E-state index in [1.165, 1.54) is 0 Å². The average Bonchev–Trinajstić information content (AvgIpc) is 2.08. The molecule has 0 N–H and O–H groups in total. The lowest BCUT2D eigenvalue weighted by Gasteiger charge is -2.21. The largest absolute Gasteiger partial charge is 0.529 e. The Bertz CT molecular complexity index is 442. The van der Waals surface area contributed by atoms with Crippen LogP contribution in [0.25, 0.3) is 0 Å². The van der Waals surface area contributed by atoms with Crippen LogP contribution >= 0.6 is 0 Å². The zero-order valence-corrected chi connectivity index (χ0v) is 14.1. The van der Waals surface area contributed by atoms with Crippen LogP contribution in [0.4, 0.5) is 4.39 Å². The van der Waals surface area contributed by atoms with Gasteiger partial charge in [0.05, 0.1) is 5.69 Å². The van der Waals surface area contributed by atoms with Crippen molar-refractivity contribution in [2.24, 2.45) is 0 Å². The van der Waals surface area contributed by atoms with E-state index in [0.29, 0.717) is 0 Å². The van der Waals surface area contributed by atoms with Gasteiger partial charge < -0.3 is 8.85 Å². The fourth-order valence-corrected chi connectivity index (χ4v) is 2.54. The van der Waals surface area contributed by atoms with Crippen molar-refractivity contribution in [1.29, 1.82) is 0 Å². The molecule has 18 heavy (non-hydrogen) atoms. The Balaban J connectivity index is 3.11. The van der Waals surface area contributed by atoms with Crippen LogP contribution < -0.4 is 8.85 Å². The van der Waals surface area contributed by atoms with E-state index >= 15 is 0 Å². The third-order valence-electron chi connectivity index (χ3n) is 1.77. The smallest absolute Gasteiger partial charge is 0.306 e. The number of hydrogen-bond donors (Lipinski definition) is 0. The van der Waals surface area contributed by atoms with Gasteiger partial charge in [-0.2, -0.15) is 14.4 Å². The lowest BCUT2D eigenvalue weighted by atomic mass is 10.4. The van der Waals surface area contributed by atoms with Gasteiger partial charge in [0, 0.05) is 0 Å². The molecule has 1 aromatic rings. The Hall–Kier alpha value is -0.956. The van der Waals surface area contributed by atoms with Crippen molar-refractivity contribution in [3.05, 3.63) is 11.5 Å². The number of aromatic nitrogens is 2. The van der Waals surface area contributed by atoms with Crippen LogP contribution in [0.1, 0.15) is 5.69 Å². The first-order chi connectivity index (χ1) is 7.98. The molecule has 4 nitrogen and oxygen atoms in total. The molecule has 7 heteroatoms. The molecule has 0 atom stereocenters. The molecule has 0 fully saturated rings. The highest BCUT2D eigenvalue weighted by Gasteiger charge is 2.24. The number of rotatable bonds is 4. The Morgan fingerprint density at radius 1 is 0.889 bits per heavy atom. The summed E-state index contributed by atoms with van der Waals surface area (Å²) in [6.07, 6.45) is 0. The van der Waals surface area contributed by atoms with Gasteiger partial charge in [-0.3, -0.25) is 0 Å². The summed E-state index contributed by atoms with van der Waals surface area (Å²) < 4.78 is 25.2. The quantitative estimate of drug-likeness (QED) is 0.797. The highest BCUT2D eigenvalue weighted by atomic mass is 28.4. The number of halogens is 1. The summed E-state index contributed by atoms with van der Waals surface area (Å²) in [6.45, 7) is 13.6. The minimum Gasteiger partial charge on any atom is -0.529 e. The maximum atomic E-state index is 13.9. The third-order valence-corrected chi connectivity index (χ3v) is 3.37. The predicted molar refractivity (Wildman–Crippen MR) is 74.7 cm³/mol. The van der Waals surface area contributed by atoms with Crippen molar-refractivity contribution < 1.29 is 13.2 Å². The number of nitrogens with zero attached hydrogens (tertiary/aromatic N) is 2. The van der Waals surface area contributed by atoms with E-state index in [2.05, 4.69) is 9.97 Å². The molecular weight excluding hydrogens is 267 g/mol. The molecule has 0 radical (unpaired) electrons. The fourth-order valence-electron chi connectivity index (χ4n) is 1.19. The Kier molecular flexibility index (Phi) is 4.17. The average molecular weight is 288 g/mol. The van der Waals surface area contributed by atoms with Crippen molar-refractivity contribution in [2.45, 2.75) is 46.2 Å². The van der Waals surface area contributed by atoms with Gasteiger partial charge >= 0.3 is 6.01 Å². The molecule has 1 heterocycles. The van der Waals surface area contributed by atoms with Crippen molar-refractivity contribution in [2.75, 3.05) is 0 Å². The van der Waals surface area contributed by atoms with Crippen molar-refractivity contribution in [3.8, 4) is 11.9 Å². The summed E-state index contributed by atoms with van der Waals surface area (Å²) in [7, 11) is -3.72. The lowest BCUT2D eigenvalue weighted by molar-refractivity contribution is 0.433. The van der Waals surface area contributed by atoms with Gasteiger partial charge in [0.2, 0.25) is 28.3 Å². The molecule has 0 saturated carbocycles. The van der Waals surface area contributed by atoms with Crippen molar-refractivity contribution in [3.63, 3.8) is 0 Å². The van der Waals surface area contributed by atoms with Crippen LogP contribution in [0.15, 0.2) is 0 Å². The van der Waals surface area contributed by atoms with E-state index in [4.69, 9.17) is 8.85 Å². The zero-order valence-electron chi connectivity index (χ0n) is 12.1. The molecule has 0 aromatic carbocycles. The molecule has 1 rings (SSSR count). The second-order valence-electron chi connectivity index (χ2n) is 6.14. The van der Waals surface area contributed by atoms with E-state index in [9.17, 15) is 4.39 Å². The first kappa shape index (κ1) is 15.1. The Labute approximate surface area is 110 Å². The summed E-state index contributed by atoms with van der Waals surface area (Å²) in [5.74, 6) is -0.490. The molecule has 102 valence electrons. The molecule has 0 aliphatic carbocycles. The first-order valence-electron chi connectivity index (χ1n) is 5.90. The Morgan fingerprint density at radius 3 is 1.83 bits per heavy atom. The Morgan fingerprint density at radius 2 is 1.39 bits per heavy atom. The maximum Gasteiger partial charge on any atom is 0.306 e. The maximum absolute atomic E-state index is 13.9. The van der Waals surface area contributed by atoms with Crippen LogP contribution in [0.3, 0.4) is 0 Å². The lowest BCUT2D eigenvalue weighted by Crippen LogP contribution is -2.32. The number of aryl methyl sites for hydroxylation is 1. The summed E-state index contributed by atoms with van der Waals surface area (Å²) in [5.41, 5.74) is 0.256. The molecule has 1 aromatic heterocycles. The second kappa shape index (κ2) is 4.96. The van der Waals surface area contributed by atoms with Gasteiger partial charge in [-0.15, -0.1) is 0 Å². The van der Waals surface area contributed by atoms with Crippen molar-refractivity contribution in [1.82, 2.24) is 9.97 Å². The van der Waals surface area contributed by atoms with Crippen LogP contribution in [0.2, 0.25) is 39.3 Å². The number of hydrogen-bond acceptors (Lipinski definition) is 4. The van der Waals surface area contributed by atoms with E-state index < -0.39 is 22.5 Å². The predicted octanol–water partition coefficient (Wildman–Crippen LogP) is 3.35. The first-order valence-corrected chi connectivity index (χ1v) is 12.7. The van der Waals surface area contributed by atoms with Crippen LogP contribution in [0.5, 0.6) is 11.9 Å². The van der Waals surface area contributed by atoms with Gasteiger partial charge in [-0.05, 0) is 46.2 Å². The molecule has 0 spiro atoms. The molecule has 0 aliphatic rings. The third kappa shape index (κ3) is 4.73. The minimum atomic E-state index is -1.91. The molecule has 0 unspecified atom stereocenters. The van der Waals surface area contributed by atoms with E-state index in [1.807, 2.05) is 39.3 Å². The van der Waals surface area contributed by atoms with Gasteiger partial charge in [-0.1, -0.05) is 0 Å². The summed E-state index contributed by atoms with van der Waals surface area (Å²) >= 11 is 0. The van der Waals surface area contributed by atoms with E-state index in [1.54, 1.807) is 6.92 Å². The zero-order chi connectivity index (χ0) is 14.1. The van der Waals surface area contributed by atoms with Crippen molar-refractivity contribution >= 4 is 16.6 Å². The topological polar surface area (TPSA) is 44.2 Å². The van der Waals surface area contributed by atoms with Gasteiger partial charge in [0.1, 0.15) is 0 Å². The molecule has 0 saturated heterocycles. The molecular formula is C11H21FN2O2Si2. The normalized spacial score (nSPS) is 12.4. The highest BCUT2D eigenvalue weighted by Crippen LogP contribution is 2.23. The van der Waals surface area contributed by atoms with Crippen LogP contribution in [0, 0.1) is 12.7 Å². The van der Waals surface area contributed by atoms with E-state index in [-0.39, 0.29) is 17.6 Å². The summed E-state index contributed by atoms with van der Waals surface area (Å²) in [5, 5.41) is 0. The monoisotopic (exact) mass is 288 g/mol. The SMILES string of the molecule is Cc1nc(O[Si](C)(C)C)nc(O[Si](C)(C)C)c1F. The fraction of sp³-hybridized carbons (Fsp3) is 0.636. The second-order valence-corrected chi connectivity index (χ2v) is 15.0. The highest BCUT2D eigenvalue weighted by molar-refractivity contribution is 6.70. The summed E-state index contributed by atoms with van der Waals surface area (Å²) in [4.78, 5) is 8.05. The minimum absolute atomic E-state index is 0.00918. The molecule has 0 amide bonds. The van der Waals surface area contributed by atoms with Gasteiger partial charge in [0.15, 0.2) is 0 Å². The van der Waals surface area contributed by atoms with Crippen LogP contribution in [-0.4, -0.2) is 26.6 Å². The van der Waals surface area contributed by atoms with Crippen LogP contribution in [-0.2, 0) is 0 Å². The van der Waals surface area contributed by atoms with Gasteiger partial charge in [-0.25, -0.2) is 0 Å². The van der Waals surface area contributed by atoms with Gasteiger partial charge in [0.25, 0.3) is 0 Å². The molecule has 0 aliphatic heterocycles. The summed E-state index contributed by atoms with van der Waals surface area (Å²) in [6, 6.07) is 0.210. The van der Waals surface area contributed by atoms with E-state index in [0.717, 1.165) is 0 Å².